The van der Waals surface area contributed by atoms with Crippen LogP contribution in [0.4, 0.5) is 13.6 Å². The minimum absolute atomic E-state index is 0.131. The summed E-state index contributed by atoms with van der Waals surface area (Å²) >= 11 is 0. The van der Waals surface area contributed by atoms with Crippen molar-refractivity contribution in [3.8, 4) is 0 Å². The van der Waals surface area contributed by atoms with Crippen LogP contribution in [0.5, 0.6) is 0 Å². The third-order valence-corrected chi connectivity index (χ3v) is 3.16. The number of piperidine rings is 1. The summed E-state index contributed by atoms with van der Waals surface area (Å²) in [5, 5.41) is 12.3. The number of methoxy groups -OCH3 is 1. The monoisotopic (exact) mass is 266 g/mol. The highest BCUT2D eigenvalue weighted by Gasteiger charge is 2.32. The number of hydrogen-bond donors (Lipinski definition) is 2. The lowest BCUT2D eigenvalue weighted by Crippen LogP contribution is -2.53. The molecule has 0 radical (unpaired) electrons. The van der Waals surface area contributed by atoms with Crippen LogP contribution in [-0.4, -0.2) is 61.4 Å². The Balaban J connectivity index is 2.59. The smallest absolute Gasteiger partial charge is 0.409 e. The van der Waals surface area contributed by atoms with Crippen molar-refractivity contribution in [2.45, 2.75) is 31.9 Å². The predicted octanol–water partition coefficient (Wildman–Crippen LogP) is 0.679. The number of halogens is 2. The molecule has 7 heteroatoms. The summed E-state index contributed by atoms with van der Waals surface area (Å²) in [4.78, 5) is 12.9. The van der Waals surface area contributed by atoms with Gasteiger partial charge >= 0.3 is 6.09 Å². The first-order chi connectivity index (χ1) is 8.43. The van der Waals surface area contributed by atoms with Gasteiger partial charge in [0.2, 0.25) is 0 Å². The van der Waals surface area contributed by atoms with Gasteiger partial charge in [-0.3, -0.25) is 0 Å². The molecule has 2 N–H and O–H groups in total. The summed E-state index contributed by atoms with van der Waals surface area (Å²) in [6, 6.07) is -0.244. The van der Waals surface area contributed by atoms with Crippen molar-refractivity contribution in [2.24, 2.45) is 5.92 Å². The topological polar surface area (TPSA) is 61.8 Å². The molecule has 0 aromatic heterocycles. The average molecular weight is 266 g/mol. The first kappa shape index (κ1) is 15.1. The molecular weight excluding hydrogens is 246 g/mol. The molecule has 1 aliphatic rings. The van der Waals surface area contributed by atoms with Gasteiger partial charge in [-0.15, -0.1) is 0 Å². The predicted molar refractivity (Wildman–Crippen MR) is 61.6 cm³/mol. The number of hydrogen-bond acceptors (Lipinski definition) is 4. The van der Waals surface area contributed by atoms with Crippen LogP contribution in [0.2, 0.25) is 0 Å². The van der Waals surface area contributed by atoms with E-state index < -0.39 is 25.2 Å². The standard InChI is InChI=1S/C11H20F2N2O3/c1-7(16)8-3-9(14-4-10(12)13)6-15(5-8)11(17)18-2/h7-10,14,16H,3-6H2,1-2H3. The van der Waals surface area contributed by atoms with Crippen molar-refractivity contribution < 1.29 is 23.4 Å². The molecule has 0 bridgehead atoms. The Hall–Kier alpha value is -0.950. The van der Waals surface area contributed by atoms with Gasteiger partial charge in [0.1, 0.15) is 0 Å². The Morgan fingerprint density at radius 2 is 2.22 bits per heavy atom. The fraction of sp³-hybridized carbons (Fsp3) is 0.909. The summed E-state index contributed by atoms with van der Waals surface area (Å²) in [5.41, 5.74) is 0. The highest BCUT2D eigenvalue weighted by Crippen LogP contribution is 2.21. The quantitative estimate of drug-likeness (QED) is 0.785. The zero-order valence-corrected chi connectivity index (χ0v) is 10.6. The van der Waals surface area contributed by atoms with Gasteiger partial charge in [-0.25, -0.2) is 13.6 Å². The third kappa shape index (κ3) is 4.38. The van der Waals surface area contributed by atoms with Crippen LogP contribution >= 0.6 is 0 Å². The lowest BCUT2D eigenvalue weighted by molar-refractivity contribution is 0.0391. The number of aliphatic hydroxyl groups excluding tert-OH is 1. The van der Waals surface area contributed by atoms with E-state index in [1.807, 2.05) is 0 Å². The molecule has 1 saturated heterocycles. The minimum Gasteiger partial charge on any atom is -0.453 e. The molecule has 1 fully saturated rings. The fourth-order valence-corrected chi connectivity index (χ4v) is 2.17. The molecule has 0 aromatic carbocycles. The van der Waals surface area contributed by atoms with Crippen LogP contribution in [-0.2, 0) is 4.74 Å². The van der Waals surface area contributed by atoms with Crippen molar-refractivity contribution in [2.75, 3.05) is 26.7 Å². The largest absolute Gasteiger partial charge is 0.453 e. The molecule has 1 amide bonds. The van der Waals surface area contributed by atoms with E-state index in [-0.39, 0.29) is 12.0 Å². The Kier molecular flexibility index (Phi) is 5.74. The van der Waals surface area contributed by atoms with Crippen LogP contribution in [0.3, 0.4) is 0 Å². The summed E-state index contributed by atoms with van der Waals surface area (Å²) < 4.78 is 28.9. The van der Waals surface area contributed by atoms with Crippen molar-refractivity contribution in [3.63, 3.8) is 0 Å². The maximum absolute atomic E-state index is 12.2. The first-order valence-corrected chi connectivity index (χ1v) is 5.96. The lowest BCUT2D eigenvalue weighted by Gasteiger charge is -2.38. The second-order valence-corrected chi connectivity index (χ2v) is 4.61. The van der Waals surface area contributed by atoms with E-state index in [1.165, 1.54) is 12.0 Å². The number of aliphatic hydroxyl groups is 1. The van der Waals surface area contributed by atoms with Crippen molar-refractivity contribution in [3.05, 3.63) is 0 Å². The number of alkyl halides is 2. The van der Waals surface area contributed by atoms with Gasteiger partial charge in [0.25, 0.3) is 6.43 Å². The second kappa shape index (κ2) is 6.84. The molecule has 106 valence electrons. The van der Waals surface area contributed by atoms with Gasteiger partial charge in [-0.1, -0.05) is 0 Å². The molecule has 3 unspecified atom stereocenters. The van der Waals surface area contributed by atoms with E-state index in [2.05, 4.69) is 10.1 Å². The summed E-state index contributed by atoms with van der Waals surface area (Å²) in [5.74, 6) is -0.131. The number of ether oxygens (including phenoxy) is 1. The molecule has 1 aliphatic heterocycles. The number of nitrogens with zero attached hydrogens (tertiary/aromatic N) is 1. The minimum atomic E-state index is -2.43. The molecule has 0 saturated carbocycles. The van der Waals surface area contributed by atoms with E-state index in [1.54, 1.807) is 6.92 Å². The van der Waals surface area contributed by atoms with Gasteiger partial charge in [0.15, 0.2) is 0 Å². The van der Waals surface area contributed by atoms with E-state index in [0.29, 0.717) is 19.5 Å². The summed E-state index contributed by atoms with van der Waals surface area (Å²) in [6.45, 7) is 1.93. The maximum atomic E-state index is 12.2. The molecule has 1 heterocycles. The number of likely N-dealkylation sites (tertiary alicyclic amines) is 1. The first-order valence-electron chi connectivity index (χ1n) is 5.96. The van der Waals surface area contributed by atoms with Crippen LogP contribution in [0.1, 0.15) is 13.3 Å². The van der Waals surface area contributed by atoms with E-state index >= 15 is 0 Å². The van der Waals surface area contributed by atoms with Crippen LogP contribution in [0, 0.1) is 5.92 Å². The normalized spacial score (nSPS) is 26.2. The SMILES string of the molecule is COC(=O)N1CC(NCC(F)F)CC(C(C)O)C1. The number of rotatable bonds is 4. The van der Waals surface area contributed by atoms with Crippen molar-refractivity contribution >= 4 is 6.09 Å². The number of carbonyl (C=O) groups is 1. The molecular formula is C11H20F2N2O3. The zero-order valence-electron chi connectivity index (χ0n) is 10.6. The van der Waals surface area contributed by atoms with E-state index in [9.17, 15) is 18.7 Å². The van der Waals surface area contributed by atoms with Crippen LogP contribution < -0.4 is 5.32 Å². The number of amides is 1. The molecule has 0 aliphatic carbocycles. The Morgan fingerprint density at radius 3 is 2.72 bits per heavy atom. The zero-order chi connectivity index (χ0) is 13.7. The third-order valence-electron chi connectivity index (χ3n) is 3.16. The molecule has 5 nitrogen and oxygen atoms in total. The number of carbonyl (C=O) groups excluding carboxylic acids is 1. The van der Waals surface area contributed by atoms with Gasteiger partial charge in [0.05, 0.1) is 19.8 Å². The molecule has 1 rings (SSSR count). The highest BCUT2D eigenvalue weighted by molar-refractivity contribution is 5.67. The summed E-state index contributed by atoms with van der Waals surface area (Å²) in [6.07, 6.45) is -2.95. The molecule has 18 heavy (non-hydrogen) atoms. The fourth-order valence-electron chi connectivity index (χ4n) is 2.17. The van der Waals surface area contributed by atoms with E-state index in [4.69, 9.17) is 0 Å². The Bertz CT molecular complexity index is 277. The number of nitrogens with one attached hydrogen (secondary N) is 1. The maximum Gasteiger partial charge on any atom is 0.409 e. The van der Waals surface area contributed by atoms with Crippen LogP contribution in [0.15, 0.2) is 0 Å². The van der Waals surface area contributed by atoms with Gasteiger partial charge in [-0.2, -0.15) is 0 Å². The van der Waals surface area contributed by atoms with Gasteiger partial charge in [0, 0.05) is 25.0 Å². The van der Waals surface area contributed by atoms with Gasteiger partial charge < -0.3 is 20.1 Å². The van der Waals surface area contributed by atoms with Crippen molar-refractivity contribution in [1.82, 2.24) is 10.2 Å². The molecule has 3 atom stereocenters. The summed E-state index contributed by atoms with van der Waals surface area (Å²) in [7, 11) is 1.27. The van der Waals surface area contributed by atoms with Crippen molar-refractivity contribution in [1.29, 1.82) is 0 Å². The Labute approximate surface area is 105 Å². The second-order valence-electron chi connectivity index (χ2n) is 4.61. The lowest BCUT2D eigenvalue weighted by atomic mass is 9.90. The van der Waals surface area contributed by atoms with Gasteiger partial charge in [-0.05, 0) is 13.3 Å². The van der Waals surface area contributed by atoms with Crippen LogP contribution in [0.25, 0.3) is 0 Å². The van der Waals surface area contributed by atoms with E-state index in [0.717, 1.165) is 0 Å². The average Bonchev–Trinajstić information content (AvgIpc) is 2.34. The molecule has 0 aromatic rings. The highest BCUT2D eigenvalue weighted by atomic mass is 19.3. The Morgan fingerprint density at radius 1 is 1.56 bits per heavy atom. The molecule has 0 spiro atoms.